The Hall–Kier alpha value is -0.730. The van der Waals surface area contributed by atoms with E-state index in [1.54, 1.807) is 0 Å². The summed E-state index contributed by atoms with van der Waals surface area (Å²) in [7, 11) is 2.25. The molecule has 3 heteroatoms. The van der Waals surface area contributed by atoms with Crippen molar-refractivity contribution in [3.63, 3.8) is 0 Å². The van der Waals surface area contributed by atoms with Gasteiger partial charge in [-0.3, -0.25) is 0 Å². The van der Waals surface area contributed by atoms with Crippen molar-refractivity contribution in [2.24, 2.45) is 0 Å². The van der Waals surface area contributed by atoms with Crippen LogP contribution >= 0.6 is 11.6 Å². The van der Waals surface area contributed by atoms with Crippen molar-refractivity contribution in [1.29, 1.82) is 0 Å². The molecule has 0 spiro atoms. The van der Waals surface area contributed by atoms with Crippen molar-refractivity contribution in [3.8, 4) is 0 Å². The van der Waals surface area contributed by atoms with Crippen molar-refractivity contribution in [1.82, 2.24) is 4.90 Å². The van der Waals surface area contributed by atoms with Crippen LogP contribution in [0.5, 0.6) is 0 Å². The molecule has 0 aromatic heterocycles. The Morgan fingerprint density at radius 2 is 1.95 bits per heavy atom. The van der Waals surface area contributed by atoms with E-state index in [-0.39, 0.29) is 0 Å². The average Bonchev–Trinajstić information content (AvgIpc) is 2.78. The van der Waals surface area contributed by atoms with E-state index in [0.29, 0.717) is 12.0 Å². The van der Waals surface area contributed by atoms with Crippen molar-refractivity contribution in [3.05, 3.63) is 28.3 Å². The first-order valence-electron chi connectivity index (χ1n) is 8.02. The molecule has 4 rings (SSSR count). The molecule has 20 heavy (non-hydrogen) atoms. The topological polar surface area (TPSA) is 6.48 Å². The molecule has 1 aliphatic carbocycles. The molecule has 2 nitrogen and oxygen atoms in total. The second kappa shape index (κ2) is 4.92. The third-order valence-corrected chi connectivity index (χ3v) is 5.85. The Labute approximate surface area is 126 Å². The normalized spacial score (nSPS) is 29.6. The lowest BCUT2D eigenvalue weighted by atomic mass is 9.82. The molecule has 0 bridgehead atoms. The van der Waals surface area contributed by atoms with E-state index >= 15 is 0 Å². The summed E-state index contributed by atoms with van der Waals surface area (Å²) in [5.74, 6) is 0.689. The Bertz CT molecular complexity index is 528. The Kier molecular flexibility index (Phi) is 3.19. The van der Waals surface area contributed by atoms with E-state index in [4.69, 9.17) is 11.6 Å². The van der Waals surface area contributed by atoms with Crippen LogP contribution in [0.15, 0.2) is 12.1 Å². The summed E-state index contributed by atoms with van der Waals surface area (Å²) in [6.45, 7) is 3.50. The predicted octanol–water partition coefficient (Wildman–Crippen LogP) is 3.67. The lowest BCUT2D eigenvalue weighted by Crippen LogP contribution is -2.42. The number of fused-ring (bicyclic) bond motifs is 3. The van der Waals surface area contributed by atoms with E-state index < -0.39 is 0 Å². The van der Waals surface area contributed by atoms with E-state index in [0.717, 1.165) is 24.5 Å². The summed E-state index contributed by atoms with van der Waals surface area (Å²) >= 11 is 6.59. The minimum Gasteiger partial charge on any atom is -0.366 e. The lowest BCUT2D eigenvalue weighted by molar-refractivity contribution is 0.322. The van der Waals surface area contributed by atoms with E-state index in [2.05, 4.69) is 29.0 Å². The zero-order valence-electron chi connectivity index (χ0n) is 12.2. The maximum Gasteiger partial charge on any atom is 0.0462 e. The monoisotopic (exact) mass is 290 g/mol. The summed E-state index contributed by atoms with van der Waals surface area (Å²) in [6, 6.07) is 5.13. The van der Waals surface area contributed by atoms with Crippen LogP contribution in [0.3, 0.4) is 0 Å². The van der Waals surface area contributed by atoms with Crippen molar-refractivity contribution in [2.75, 3.05) is 31.6 Å². The van der Waals surface area contributed by atoms with Gasteiger partial charge < -0.3 is 9.80 Å². The molecule has 1 fully saturated rings. The van der Waals surface area contributed by atoms with E-state index in [1.807, 2.05) is 0 Å². The summed E-state index contributed by atoms with van der Waals surface area (Å²) in [6.07, 6.45) is 6.58. The number of likely N-dealkylation sites (N-methyl/N-ethyl adjacent to an activating group) is 1. The van der Waals surface area contributed by atoms with Crippen LogP contribution < -0.4 is 4.90 Å². The standard InChI is InChI=1S/C17H23ClN2/c1-19-9-8-12-6-7-14(18)16-13-4-2-3-5-15(13)20(11-10-19)17(12)16/h6-7,13,15H,2-5,8-11H2,1H3. The number of halogens is 1. The van der Waals surface area contributed by atoms with Gasteiger partial charge in [-0.15, -0.1) is 0 Å². The van der Waals surface area contributed by atoms with Crippen LogP contribution in [-0.4, -0.2) is 37.6 Å². The highest BCUT2D eigenvalue weighted by Gasteiger charge is 2.42. The minimum absolute atomic E-state index is 0.689. The van der Waals surface area contributed by atoms with Gasteiger partial charge in [0.15, 0.2) is 0 Å². The van der Waals surface area contributed by atoms with Gasteiger partial charge in [-0.25, -0.2) is 0 Å². The molecule has 1 aromatic rings. The molecule has 2 aliphatic heterocycles. The fourth-order valence-electron chi connectivity index (χ4n) is 4.49. The van der Waals surface area contributed by atoms with Gasteiger partial charge >= 0.3 is 0 Å². The molecular weight excluding hydrogens is 268 g/mol. The zero-order chi connectivity index (χ0) is 13.7. The number of anilines is 1. The number of benzene rings is 1. The summed E-state index contributed by atoms with van der Waals surface area (Å²) in [5.41, 5.74) is 4.52. The third-order valence-electron chi connectivity index (χ3n) is 5.52. The maximum absolute atomic E-state index is 6.59. The number of nitrogens with zero attached hydrogens (tertiary/aromatic N) is 2. The lowest BCUT2D eigenvalue weighted by Gasteiger charge is -2.36. The third kappa shape index (κ3) is 1.88. The van der Waals surface area contributed by atoms with Crippen LogP contribution in [0.1, 0.15) is 42.7 Å². The SMILES string of the molecule is CN1CCc2ccc(Cl)c3c2N(CC1)C1CCCCC31. The smallest absolute Gasteiger partial charge is 0.0462 e. The zero-order valence-corrected chi connectivity index (χ0v) is 13.0. The molecule has 0 N–H and O–H groups in total. The summed E-state index contributed by atoms with van der Waals surface area (Å²) in [5, 5.41) is 1.01. The quantitative estimate of drug-likeness (QED) is 0.719. The molecule has 0 radical (unpaired) electrons. The fraction of sp³-hybridized carbons (Fsp3) is 0.647. The van der Waals surface area contributed by atoms with Gasteiger partial charge in [-0.05, 0) is 43.5 Å². The second-order valence-electron chi connectivity index (χ2n) is 6.67. The number of hydrogen-bond acceptors (Lipinski definition) is 2. The highest BCUT2D eigenvalue weighted by atomic mass is 35.5. The van der Waals surface area contributed by atoms with Crippen molar-refractivity contribution in [2.45, 2.75) is 44.1 Å². The van der Waals surface area contributed by atoms with E-state index in [1.165, 1.54) is 49.0 Å². The molecule has 0 amide bonds. The first-order valence-corrected chi connectivity index (χ1v) is 8.40. The molecule has 108 valence electrons. The van der Waals surface area contributed by atoms with Crippen molar-refractivity contribution >= 4 is 17.3 Å². The molecule has 1 saturated carbocycles. The Morgan fingerprint density at radius 1 is 1.10 bits per heavy atom. The van der Waals surface area contributed by atoms with Gasteiger partial charge in [0, 0.05) is 42.3 Å². The molecule has 3 aliphatic rings. The van der Waals surface area contributed by atoms with Gasteiger partial charge in [0.05, 0.1) is 0 Å². The van der Waals surface area contributed by atoms with Gasteiger partial charge in [-0.2, -0.15) is 0 Å². The first kappa shape index (κ1) is 13.0. The molecule has 1 aromatic carbocycles. The summed E-state index contributed by atoms with van der Waals surface area (Å²) in [4.78, 5) is 5.17. The fourth-order valence-corrected chi connectivity index (χ4v) is 4.78. The van der Waals surface area contributed by atoms with Crippen LogP contribution in [0.25, 0.3) is 0 Å². The van der Waals surface area contributed by atoms with Gasteiger partial charge in [-0.1, -0.05) is 30.5 Å². The molecule has 2 atom stereocenters. The van der Waals surface area contributed by atoms with E-state index in [9.17, 15) is 0 Å². The Balaban J connectivity index is 1.85. The summed E-state index contributed by atoms with van der Waals surface area (Å²) < 4.78 is 0. The van der Waals surface area contributed by atoms with Crippen LogP contribution in [0, 0.1) is 0 Å². The van der Waals surface area contributed by atoms with Crippen LogP contribution in [0.4, 0.5) is 5.69 Å². The van der Waals surface area contributed by atoms with Crippen LogP contribution in [0.2, 0.25) is 5.02 Å². The second-order valence-corrected chi connectivity index (χ2v) is 7.08. The van der Waals surface area contributed by atoms with Crippen LogP contribution in [-0.2, 0) is 6.42 Å². The maximum atomic E-state index is 6.59. The first-order chi connectivity index (χ1) is 9.75. The minimum atomic E-state index is 0.689. The molecule has 2 unspecified atom stereocenters. The van der Waals surface area contributed by atoms with Gasteiger partial charge in [0.25, 0.3) is 0 Å². The largest absolute Gasteiger partial charge is 0.366 e. The number of rotatable bonds is 0. The predicted molar refractivity (Wildman–Crippen MR) is 85.0 cm³/mol. The molecular formula is C17H23ClN2. The number of hydrogen-bond donors (Lipinski definition) is 0. The molecule has 2 heterocycles. The molecule has 0 saturated heterocycles. The van der Waals surface area contributed by atoms with Gasteiger partial charge in [0.1, 0.15) is 0 Å². The average molecular weight is 291 g/mol. The Morgan fingerprint density at radius 3 is 2.85 bits per heavy atom. The highest BCUT2D eigenvalue weighted by Crippen LogP contribution is 2.52. The highest BCUT2D eigenvalue weighted by molar-refractivity contribution is 6.32. The van der Waals surface area contributed by atoms with Crippen molar-refractivity contribution < 1.29 is 0 Å². The van der Waals surface area contributed by atoms with Gasteiger partial charge in [0.2, 0.25) is 0 Å².